The first-order valence-corrected chi connectivity index (χ1v) is 7.33. The number of likely N-dealkylation sites (N-methyl/N-ethyl adjacent to an activating group) is 1. The first kappa shape index (κ1) is 18.2. The molecule has 1 atom stereocenters. The Morgan fingerprint density at radius 1 is 1.30 bits per heavy atom. The Hall–Kier alpha value is -2.81. The average molecular weight is 316 g/mol. The maximum absolute atomic E-state index is 12.2. The number of aliphatic carboxylic acids is 1. The maximum Gasteiger partial charge on any atom is 0.344 e. The molecular weight excluding hydrogens is 296 g/mol. The molecule has 23 heavy (non-hydrogen) atoms. The number of amides is 1. The summed E-state index contributed by atoms with van der Waals surface area (Å²) < 4.78 is 5.22. The van der Waals surface area contributed by atoms with Crippen LogP contribution in [0.1, 0.15) is 26.3 Å². The Morgan fingerprint density at radius 3 is 2.30 bits per heavy atom. The zero-order chi connectivity index (χ0) is 17.4. The number of rotatable bonds is 7. The Morgan fingerprint density at radius 2 is 1.87 bits per heavy atom. The highest BCUT2D eigenvalue weighted by Gasteiger charge is 2.15. The molecule has 1 aromatic rings. The molecule has 6 nitrogen and oxygen atoms in total. The van der Waals surface area contributed by atoms with Gasteiger partial charge in [-0.3, -0.25) is 4.79 Å². The van der Waals surface area contributed by atoms with E-state index in [4.69, 9.17) is 9.84 Å². The second-order valence-corrected chi connectivity index (χ2v) is 4.81. The Bertz CT molecular complexity index is 625. The van der Waals surface area contributed by atoms with Crippen LogP contribution in [-0.4, -0.2) is 41.1 Å². The fraction of sp³-hybridized carbons (Fsp3) is 0.353. The van der Waals surface area contributed by atoms with E-state index in [-0.39, 0.29) is 11.5 Å². The van der Waals surface area contributed by atoms with Crippen LogP contribution in [0, 0.1) is 11.3 Å². The van der Waals surface area contributed by atoms with E-state index in [0.717, 1.165) is 0 Å². The van der Waals surface area contributed by atoms with Gasteiger partial charge in [0.1, 0.15) is 17.4 Å². The molecule has 0 heterocycles. The second-order valence-electron chi connectivity index (χ2n) is 4.81. The van der Waals surface area contributed by atoms with Gasteiger partial charge in [0.25, 0.3) is 5.91 Å². The number of carbonyl (C=O) groups is 2. The molecule has 1 N–H and O–H groups in total. The maximum atomic E-state index is 12.2. The monoisotopic (exact) mass is 316 g/mol. The predicted molar refractivity (Wildman–Crippen MR) is 85.7 cm³/mol. The van der Waals surface area contributed by atoms with Crippen LogP contribution in [0.2, 0.25) is 0 Å². The third-order valence-corrected chi connectivity index (χ3v) is 3.25. The van der Waals surface area contributed by atoms with Crippen molar-refractivity contribution in [2.24, 2.45) is 0 Å². The summed E-state index contributed by atoms with van der Waals surface area (Å²) >= 11 is 0. The summed E-state index contributed by atoms with van der Waals surface area (Å²) in [5, 5.41) is 18.0. The summed E-state index contributed by atoms with van der Waals surface area (Å²) in [5.74, 6) is -0.950. The second kappa shape index (κ2) is 8.59. The Labute approximate surface area is 135 Å². The lowest BCUT2D eigenvalue weighted by Crippen LogP contribution is -2.31. The molecule has 1 amide bonds. The minimum atomic E-state index is -1.05. The van der Waals surface area contributed by atoms with Crippen LogP contribution in [0.4, 0.5) is 0 Å². The minimum Gasteiger partial charge on any atom is -0.479 e. The van der Waals surface area contributed by atoms with E-state index in [2.05, 4.69) is 0 Å². The number of carboxylic acid groups (broad SMARTS) is 1. The van der Waals surface area contributed by atoms with Crippen LogP contribution in [-0.2, 0) is 9.59 Å². The summed E-state index contributed by atoms with van der Waals surface area (Å²) in [6.45, 7) is 6.22. The third kappa shape index (κ3) is 5.15. The van der Waals surface area contributed by atoms with Crippen molar-refractivity contribution in [1.82, 2.24) is 4.90 Å². The Balaban J connectivity index is 2.92. The molecule has 0 spiro atoms. The van der Waals surface area contributed by atoms with E-state index < -0.39 is 12.1 Å². The van der Waals surface area contributed by atoms with Crippen LogP contribution in [0.5, 0.6) is 5.75 Å². The fourth-order valence-corrected chi connectivity index (χ4v) is 1.89. The highest BCUT2D eigenvalue weighted by Crippen LogP contribution is 2.16. The molecular formula is C17H20N2O4. The van der Waals surface area contributed by atoms with Crippen molar-refractivity contribution in [3.8, 4) is 11.8 Å². The smallest absolute Gasteiger partial charge is 0.344 e. The lowest BCUT2D eigenvalue weighted by molar-refractivity contribution is -0.144. The molecule has 6 heteroatoms. The molecule has 1 aromatic carbocycles. The van der Waals surface area contributed by atoms with E-state index in [1.807, 2.05) is 19.9 Å². The van der Waals surface area contributed by atoms with Gasteiger partial charge in [0.05, 0.1) is 0 Å². The molecule has 0 aliphatic carbocycles. The lowest BCUT2D eigenvalue weighted by Gasteiger charge is -2.17. The van der Waals surface area contributed by atoms with Gasteiger partial charge in [0.15, 0.2) is 6.10 Å². The lowest BCUT2D eigenvalue weighted by atomic mass is 10.1. The fourth-order valence-electron chi connectivity index (χ4n) is 1.89. The first-order chi connectivity index (χ1) is 10.9. The van der Waals surface area contributed by atoms with Crippen molar-refractivity contribution in [3.63, 3.8) is 0 Å². The van der Waals surface area contributed by atoms with Gasteiger partial charge < -0.3 is 14.7 Å². The van der Waals surface area contributed by atoms with Gasteiger partial charge in [-0.1, -0.05) is 12.1 Å². The summed E-state index contributed by atoms with van der Waals surface area (Å²) in [6, 6.07) is 8.45. The summed E-state index contributed by atoms with van der Waals surface area (Å²) in [7, 11) is 0. The minimum absolute atomic E-state index is 0.0567. The van der Waals surface area contributed by atoms with E-state index in [0.29, 0.717) is 24.4 Å². The van der Waals surface area contributed by atoms with E-state index in [1.54, 1.807) is 29.2 Å². The zero-order valence-electron chi connectivity index (χ0n) is 13.4. The quantitative estimate of drug-likeness (QED) is 0.616. The van der Waals surface area contributed by atoms with Gasteiger partial charge in [0, 0.05) is 13.1 Å². The summed E-state index contributed by atoms with van der Waals surface area (Å²) in [5.41, 5.74) is 0.721. The summed E-state index contributed by atoms with van der Waals surface area (Å²) in [6.07, 6.45) is 0.556. The van der Waals surface area contributed by atoms with Crippen LogP contribution < -0.4 is 4.74 Å². The number of carbonyl (C=O) groups excluding carboxylic acids is 1. The topological polar surface area (TPSA) is 90.6 Å². The number of nitrogens with zero attached hydrogens (tertiary/aromatic N) is 2. The number of carboxylic acids is 1. The SMILES string of the molecule is CCN(CC)C(=O)/C(C#N)=C\c1ccc(O[C@@H](C)C(=O)O)cc1. The van der Waals surface area contributed by atoms with Crippen LogP contribution in [0.3, 0.4) is 0 Å². The molecule has 1 rings (SSSR count). The highest BCUT2D eigenvalue weighted by atomic mass is 16.5. The van der Waals surface area contributed by atoms with E-state index >= 15 is 0 Å². The van der Waals surface area contributed by atoms with Crippen LogP contribution in [0.15, 0.2) is 29.8 Å². The van der Waals surface area contributed by atoms with Crippen LogP contribution >= 0.6 is 0 Å². The van der Waals surface area contributed by atoms with Crippen molar-refractivity contribution in [2.45, 2.75) is 26.9 Å². The number of benzene rings is 1. The predicted octanol–water partition coefficient (Wildman–Crippen LogP) is 2.31. The number of hydrogen-bond donors (Lipinski definition) is 1. The third-order valence-electron chi connectivity index (χ3n) is 3.25. The average Bonchev–Trinajstić information content (AvgIpc) is 2.54. The molecule has 0 unspecified atom stereocenters. The van der Waals surface area contributed by atoms with Gasteiger partial charge in [0.2, 0.25) is 0 Å². The van der Waals surface area contributed by atoms with Gasteiger partial charge in [-0.25, -0.2) is 4.79 Å². The van der Waals surface area contributed by atoms with Gasteiger partial charge >= 0.3 is 5.97 Å². The van der Waals surface area contributed by atoms with Gasteiger partial charge in [-0.2, -0.15) is 5.26 Å². The molecule has 0 radical (unpaired) electrons. The first-order valence-electron chi connectivity index (χ1n) is 7.33. The van der Waals surface area contributed by atoms with Gasteiger partial charge in [-0.15, -0.1) is 0 Å². The molecule has 0 aliphatic rings. The molecule has 0 saturated carbocycles. The molecule has 0 bridgehead atoms. The van der Waals surface area contributed by atoms with Crippen molar-refractivity contribution in [1.29, 1.82) is 5.26 Å². The normalized spacial score (nSPS) is 12.2. The number of nitriles is 1. The zero-order valence-corrected chi connectivity index (χ0v) is 13.4. The standard InChI is InChI=1S/C17H20N2O4/c1-4-19(5-2)16(20)14(11-18)10-13-6-8-15(9-7-13)23-12(3)17(21)22/h6-10,12H,4-5H2,1-3H3,(H,21,22)/b14-10-/t12-/m0/s1. The molecule has 0 aromatic heterocycles. The van der Waals surface area contributed by atoms with Crippen molar-refractivity contribution < 1.29 is 19.4 Å². The molecule has 0 saturated heterocycles. The number of hydrogen-bond acceptors (Lipinski definition) is 4. The van der Waals surface area contributed by atoms with E-state index in [1.165, 1.54) is 13.0 Å². The van der Waals surface area contributed by atoms with Crippen molar-refractivity contribution in [3.05, 3.63) is 35.4 Å². The molecule has 0 aliphatic heterocycles. The summed E-state index contributed by atoms with van der Waals surface area (Å²) in [4.78, 5) is 24.5. The largest absolute Gasteiger partial charge is 0.479 e. The van der Waals surface area contributed by atoms with Crippen molar-refractivity contribution in [2.75, 3.05) is 13.1 Å². The molecule has 0 fully saturated rings. The van der Waals surface area contributed by atoms with Crippen LogP contribution in [0.25, 0.3) is 6.08 Å². The number of ether oxygens (including phenoxy) is 1. The molecule has 122 valence electrons. The van der Waals surface area contributed by atoms with E-state index in [9.17, 15) is 14.9 Å². The highest BCUT2D eigenvalue weighted by molar-refractivity contribution is 6.01. The Kier molecular flexibility index (Phi) is 6.81. The van der Waals surface area contributed by atoms with Crippen molar-refractivity contribution >= 4 is 18.0 Å². The van der Waals surface area contributed by atoms with Gasteiger partial charge in [-0.05, 0) is 44.5 Å².